The number of halogens is 1. The predicted octanol–water partition coefficient (Wildman–Crippen LogP) is 2.10. The quantitative estimate of drug-likeness (QED) is 0.858. The summed E-state index contributed by atoms with van der Waals surface area (Å²) < 4.78 is 13.5. The van der Waals surface area contributed by atoms with E-state index in [1.165, 1.54) is 6.07 Å². The summed E-state index contributed by atoms with van der Waals surface area (Å²) in [6, 6.07) is 6.55. The molecule has 1 heterocycles. The summed E-state index contributed by atoms with van der Waals surface area (Å²) in [5.74, 6) is -0.354. The molecule has 3 nitrogen and oxygen atoms in total. The van der Waals surface area contributed by atoms with Crippen LogP contribution in [-0.4, -0.2) is 40.9 Å². The Labute approximate surface area is 113 Å². The van der Waals surface area contributed by atoms with Crippen LogP contribution in [0.1, 0.15) is 37.4 Å². The Morgan fingerprint density at radius 2 is 2.11 bits per heavy atom. The van der Waals surface area contributed by atoms with E-state index in [9.17, 15) is 14.6 Å². The van der Waals surface area contributed by atoms with Gasteiger partial charge >= 0.3 is 0 Å². The van der Waals surface area contributed by atoms with E-state index in [4.69, 9.17) is 0 Å². The van der Waals surface area contributed by atoms with Crippen LogP contribution in [0.4, 0.5) is 4.39 Å². The lowest BCUT2D eigenvalue weighted by molar-refractivity contribution is 0.0690. The molecule has 19 heavy (non-hydrogen) atoms. The van der Waals surface area contributed by atoms with Crippen molar-refractivity contribution in [3.8, 4) is 0 Å². The summed E-state index contributed by atoms with van der Waals surface area (Å²) in [5, 5.41) is 19.4. The number of rotatable bonds is 5. The number of likely N-dealkylation sites (tertiary alicyclic amines) is 1. The molecule has 1 aromatic rings. The van der Waals surface area contributed by atoms with Gasteiger partial charge in [-0.15, -0.1) is 0 Å². The van der Waals surface area contributed by atoms with Crippen molar-refractivity contribution in [1.82, 2.24) is 4.90 Å². The smallest absolute Gasteiger partial charge is 0.128 e. The van der Waals surface area contributed by atoms with Crippen molar-refractivity contribution in [2.75, 3.05) is 19.7 Å². The Morgan fingerprint density at radius 1 is 1.32 bits per heavy atom. The molecular weight excluding hydrogens is 245 g/mol. The van der Waals surface area contributed by atoms with Crippen molar-refractivity contribution < 1.29 is 14.6 Å². The molecule has 1 aliphatic rings. The lowest BCUT2D eigenvalue weighted by Crippen LogP contribution is -2.42. The highest BCUT2D eigenvalue weighted by atomic mass is 19.1. The van der Waals surface area contributed by atoms with Crippen LogP contribution in [0, 0.1) is 5.82 Å². The third-order valence-corrected chi connectivity index (χ3v) is 3.91. The molecule has 1 aliphatic heterocycles. The van der Waals surface area contributed by atoms with Gasteiger partial charge in [0.1, 0.15) is 5.82 Å². The van der Waals surface area contributed by atoms with E-state index in [-0.39, 0.29) is 18.5 Å². The average Bonchev–Trinajstić information content (AvgIpc) is 2.45. The molecule has 0 bridgehead atoms. The second-order valence-corrected chi connectivity index (χ2v) is 5.19. The van der Waals surface area contributed by atoms with Crippen LogP contribution in [-0.2, 0) is 0 Å². The minimum absolute atomic E-state index is 0.162. The Bertz CT molecular complexity index is 399. The van der Waals surface area contributed by atoms with Crippen LogP contribution >= 0.6 is 0 Å². The van der Waals surface area contributed by atoms with Crippen LogP contribution in [0.2, 0.25) is 0 Å². The Balaban J connectivity index is 1.89. The number of aliphatic hydroxyl groups is 2. The van der Waals surface area contributed by atoms with Gasteiger partial charge < -0.3 is 10.2 Å². The molecule has 0 aromatic heterocycles. The topological polar surface area (TPSA) is 43.7 Å². The van der Waals surface area contributed by atoms with Gasteiger partial charge in [0, 0.05) is 18.2 Å². The molecule has 1 fully saturated rings. The highest BCUT2D eigenvalue weighted by Crippen LogP contribution is 2.22. The fraction of sp³-hybridized carbons (Fsp3) is 0.600. The van der Waals surface area contributed by atoms with Crippen LogP contribution in [0.5, 0.6) is 0 Å². The second-order valence-electron chi connectivity index (χ2n) is 5.19. The van der Waals surface area contributed by atoms with Gasteiger partial charge in [0.2, 0.25) is 0 Å². The maximum absolute atomic E-state index is 13.5. The van der Waals surface area contributed by atoms with Gasteiger partial charge in [-0.3, -0.25) is 4.90 Å². The fourth-order valence-electron chi connectivity index (χ4n) is 2.75. The average molecular weight is 267 g/mol. The molecule has 1 saturated heterocycles. The zero-order chi connectivity index (χ0) is 13.7. The van der Waals surface area contributed by atoms with Crippen LogP contribution < -0.4 is 0 Å². The van der Waals surface area contributed by atoms with Crippen molar-refractivity contribution in [1.29, 1.82) is 0 Å². The summed E-state index contributed by atoms with van der Waals surface area (Å²) in [6.07, 6.45) is 3.01. The number of benzene rings is 1. The van der Waals surface area contributed by atoms with Gasteiger partial charge in [0.15, 0.2) is 0 Å². The summed E-state index contributed by atoms with van der Waals surface area (Å²) >= 11 is 0. The monoisotopic (exact) mass is 267 g/mol. The molecule has 2 N–H and O–H groups in total. The van der Waals surface area contributed by atoms with Crippen molar-refractivity contribution in [3.05, 3.63) is 35.6 Å². The van der Waals surface area contributed by atoms with E-state index < -0.39 is 6.10 Å². The molecule has 4 heteroatoms. The van der Waals surface area contributed by atoms with Crippen molar-refractivity contribution >= 4 is 0 Å². The number of hydrogen-bond donors (Lipinski definition) is 2. The molecule has 0 aliphatic carbocycles. The van der Waals surface area contributed by atoms with E-state index in [0.29, 0.717) is 18.5 Å². The SMILES string of the molecule is OCC1CCCCN1CCC(O)c1ccccc1F. The van der Waals surface area contributed by atoms with Gasteiger partial charge in [-0.1, -0.05) is 24.6 Å². The highest BCUT2D eigenvalue weighted by Gasteiger charge is 2.22. The molecule has 2 rings (SSSR count). The van der Waals surface area contributed by atoms with Crippen LogP contribution in [0.15, 0.2) is 24.3 Å². The molecule has 1 aromatic carbocycles. The molecule has 0 spiro atoms. The number of hydrogen-bond acceptors (Lipinski definition) is 3. The van der Waals surface area contributed by atoms with E-state index >= 15 is 0 Å². The van der Waals surface area contributed by atoms with Crippen LogP contribution in [0.3, 0.4) is 0 Å². The maximum Gasteiger partial charge on any atom is 0.128 e. The summed E-state index contributed by atoms with van der Waals surface area (Å²) in [7, 11) is 0. The van der Waals surface area contributed by atoms with Gasteiger partial charge in [-0.05, 0) is 31.9 Å². The fourth-order valence-corrected chi connectivity index (χ4v) is 2.75. The first-order valence-electron chi connectivity index (χ1n) is 6.99. The Hall–Kier alpha value is -0.970. The minimum atomic E-state index is -0.775. The normalized spacial score (nSPS) is 22.4. The lowest BCUT2D eigenvalue weighted by Gasteiger charge is -2.35. The first kappa shape index (κ1) is 14.4. The maximum atomic E-state index is 13.5. The second kappa shape index (κ2) is 6.98. The number of aliphatic hydroxyl groups excluding tert-OH is 2. The first-order valence-corrected chi connectivity index (χ1v) is 6.99. The number of nitrogens with zero attached hydrogens (tertiary/aromatic N) is 1. The van der Waals surface area contributed by atoms with Gasteiger partial charge in [-0.2, -0.15) is 0 Å². The standard InChI is InChI=1S/C15H22FNO2/c16-14-7-2-1-6-13(14)15(19)8-10-17-9-4-3-5-12(17)11-18/h1-2,6-7,12,15,18-19H,3-5,8-11H2. The lowest BCUT2D eigenvalue weighted by atomic mass is 10.0. The van der Waals surface area contributed by atoms with E-state index in [1.54, 1.807) is 18.2 Å². The third-order valence-electron chi connectivity index (χ3n) is 3.91. The minimum Gasteiger partial charge on any atom is -0.395 e. The molecule has 2 unspecified atom stereocenters. The van der Waals surface area contributed by atoms with E-state index in [1.807, 2.05) is 0 Å². The predicted molar refractivity (Wildman–Crippen MR) is 72.3 cm³/mol. The Morgan fingerprint density at radius 3 is 2.84 bits per heavy atom. The molecule has 0 radical (unpaired) electrons. The first-order chi connectivity index (χ1) is 9.22. The molecule has 0 saturated carbocycles. The van der Waals surface area contributed by atoms with Crippen molar-refractivity contribution in [3.63, 3.8) is 0 Å². The zero-order valence-electron chi connectivity index (χ0n) is 11.1. The summed E-state index contributed by atoms with van der Waals surface area (Å²) in [4.78, 5) is 2.20. The van der Waals surface area contributed by atoms with Crippen molar-refractivity contribution in [2.45, 2.75) is 37.8 Å². The van der Waals surface area contributed by atoms with E-state index in [0.717, 1.165) is 25.8 Å². The van der Waals surface area contributed by atoms with Gasteiger partial charge in [0.25, 0.3) is 0 Å². The van der Waals surface area contributed by atoms with Crippen molar-refractivity contribution in [2.24, 2.45) is 0 Å². The Kier molecular flexibility index (Phi) is 5.31. The summed E-state index contributed by atoms with van der Waals surface area (Å²) in [5.41, 5.74) is 0.361. The number of piperidine rings is 1. The zero-order valence-corrected chi connectivity index (χ0v) is 11.1. The molecule has 0 amide bonds. The highest BCUT2D eigenvalue weighted by molar-refractivity contribution is 5.19. The molecular formula is C15H22FNO2. The van der Waals surface area contributed by atoms with Gasteiger partial charge in [0.05, 0.1) is 12.7 Å². The van der Waals surface area contributed by atoms with E-state index in [2.05, 4.69) is 4.90 Å². The van der Waals surface area contributed by atoms with Crippen LogP contribution in [0.25, 0.3) is 0 Å². The molecule has 106 valence electrons. The summed E-state index contributed by atoms with van der Waals surface area (Å²) in [6.45, 7) is 1.81. The third kappa shape index (κ3) is 3.75. The largest absolute Gasteiger partial charge is 0.395 e. The van der Waals surface area contributed by atoms with Gasteiger partial charge in [-0.25, -0.2) is 4.39 Å². The molecule has 2 atom stereocenters.